The molecule has 1 aliphatic heterocycles. The summed E-state index contributed by atoms with van der Waals surface area (Å²) in [5.41, 5.74) is 5.84. The average Bonchev–Trinajstić information content (AvgIpc) is 2.71. The Morgan fingerprint density at radius 2 is 1.62 bits per heavy atom. The van der Waals surface area contributed by atoms with Crippen molar-refractivity contribution in [3.05, 3.63) is 11.8 Å². The van der Waals surface area contributed by atoms with Crippen LogP contribution in [-0.2, 0) is 4.79 Å². The Hall–Kier alpha value is -2.38. The fourth-order valence-electron chi connectivity index (χ4n) is 4.53. The lowest BCUT2D eigenvalue weighted by Gasteiger charge is -2.34. The van der Waals surface area contributed by atoms with Gasteiger partial charge in [0.15, 0.2) is 0 Å². The molecule has 1 aromatic rings. The van der Waals surface area contributed by atoms with Crippen LogP contribution in [-0.4, -0.2) is 51.9 Å². The minimum Gasteiger partial charge on any atom is -0.367 e. The van der Waals surface area contributed by atoms with Crippen LogP contribution in [0.15, 0.2) is 6.20 Å². The molecule has 3 fully saturated rings. The van der Waals surface area contributed by atoms with Gasteiger partial charge < -0.3 is 21.3 Å². The highest BCUT2D eigenvalue weighted by atomic mass is 16.2. The first-order chi connectivity index (χ1) is 14.1. The fraction of sp³-hybridized carbons (Fsp3) is 0.714. The number of piperidine rings is 1. The molecule has 1 aromatic heterocycles. The van der Waals surface area contributed by atoms with Gasteiger partial charge in [-0.3, -0.25) is 9.59 Å². The van der Waals surface area contributed by atoms with Gasteiger partial charge in [0, 0.05) is 37.3 Å². The predicted molar refractivity (Wildman–Crippen MR) is 112 cm³/mol. The number of aromatic nitrogens is 2. The third-order valence-corrected chi connectivity index (χ3v) is 6.58. The van der Waals surface area contributed by atoms with Crippen LogP contribution in [0.4, 0.5) is 11.8 Å². The molecule has 2 aliphatic carbocycles. The molecule has 2 saturated carbocycles. The molecule has 4 rings (SSSR count). The van der Waals surface area contributed by atoms with Gasteiger partial charge >= 0.3 is 0 Å². The highest BCUT2D eigenvalue weighted by Gasteiger charge is 2.30. The van der Waals surface area contributed by atoms with Gasteiger partial charge in [-0.15, -0.1) is 0 Å². The number of anilines is 2. The minimum atomic E-state index is -0.531. The largest absolute Gasteiger partial charge is 0.367 e. The average molecular weight is 401 g/mol. The maximum Gasteiger partial charge on any atom is 0.254 e. The highest BCUT2D eigenvalue weighted by molar-refractivity contribution is 5.97. The van der Waals surface area contributed by atoms with E-state index in [-0.39, 0.29) is 12.0 Å². The molecule has 0 atom stereocenters. The van der Waals surface area contributed by atoms with Crippen LogP contribution < -0.4 is 16.4 Å². The van der Waals surface area contributed by atoms with E-state index in [0.717, 1.165) is 64.5 Å². The second-order valence-electron chi connectivity index (χ2n) is 8.67. The van der Waals surface area contributed by atoms with E-state index >= 15 is 0 Å². The van der Waals surface area contributed by atoms with Crippen molar-refractivity contribution in [1.82, 2.24) is 14.9 Å². The lowest BCUT2D eigenvalue weighted by atomic mass is 9.84. The summed E-state index contributed by atoms with van der Waals surface area (Å²) in [6, 6.07) is 0.600. The zero-order valence-electron chi connectivity index (χ0n) is 17.0. The van der Waals surface area contributed by atoms with Crippen LogP contribution in [0.1, 0.15) is 74.6 Å². The van der Waals surface area contributed by atoms with Crippen LogP contribution in [0.25, 0.3) is 0 Å². The Labute approximate surface area is 172 Å². The van der Waals surface area contributed by atoms with Crippen molar-refractivity contribution in [2.24, 2.45) is 11.7 Å². The number of hydrogen-bond acceptors (Lipinski definition) is 6. The lowest BCUT2D eigenvalue weighted by molar-refractivity contribution is -0.137. The Balaban J connectivity index is 1.35. The highest BCUT2D eigenvalue weighted by Crippen LogP contribution is 2.30. The van der Waals surface area contributed by atoms with Crippen molar-refractivity contribution in [2.75, 3.05) is 23.7 Å². The van der Waals surface area contributed by atoms with E-state index in [1.54, 1.807) is 0 Å². The predicted octanol–water partition coefficient (Wildman–Crippen LogP) is 2.52. The van der Waals surface area contributed by atoms with Crippen molar-refractivity contribution >= 4 is 23.6 Å². The molecule has 0 bridgehead atoms. The molecule has 0 spiro atoms. The molecule has 4 N–H and O–H groups in total. The number of nitrogens with zero attached hydrogens (tertiary/aromatic N) is 3. The minimum absolute atomic E-state index is 0.128. The van der Waals surface area contributed by atoms with Crippen LogP contribution in [0.3, 0.4) is 0 Å². The Morgan fingerprint density at radius 1 is 0.931 bits per heavy atom. The molecule has 0 unspecified atom stereocenters. The van der Waals surface area contributed by atoms with Crippen LogP contribution >= 0.6 is 0 Å². The van der Waals surface area contributed by atoms with E-state index in [0.29, 0.717) is 29.3 Å². The number of hydrogen-bond donors (Lipinski definition) is 3. The number of amides is 2. The maximum absolute atomic E-state index is 12.8. The quantitative estimate of drug-likeness (QED) is 0.676. The summed E-state index contributed by atoms with van der Waals surface area (Å²) in [7, 11) is 0. The summed E-state index contributed by atoms with van der Waals surface area (Å²) in [5.74, 6) is 0.964. The van der Waals surface area contributed by atoms with Crippen molar-refractivity contribution in [3.8, 4) is 0 Å². The first-order valence-corrected chi connectivity index (χ1v) is 11.1. The molecular formula is C21H32N6O2. The Kier molecular flexibility index (Phi) is 6.16. The van der Waals surface area contributed by atoms with E-state index in [1.807, 2.05) is 0 Å². The summed E-state index contributed by atoms with van der Waals surface area (Å²) in [5, 5.41) is 6.72. The molecular weight excluding hydrogens is 368 g/mol. The van der Waals surface area contributed by atoms with E-state index in [2.05, 4.69) is 25.5 Å². The molecule has 0 aromatic carbocycles. The molecule has 8 heteroatoms. The Bertz CT molecular complexity index is 737. The van der Waals surface area contributed by atoms with Crippen molar-refractivity contribution in [2.45, 2.75) is 76.3 Å². The first kappa shape index (κ1) is 19.9. The second-order valence-corrected chi connectivity index (χ2v) is 8.67. The topological polar surface area (TPSA) is 113 Å². The van der Waals surface area contributed by atoms with Gasteiger partial charge in [0.1, 0.15) is 5.82 Å². The summed E-state index contributed by atoms with van der Waals surface area (Å²) in [4.78, 5) is 35.4. The number of carbonyl (C=O) groups is 2. The molecule has 0 radical (unpaired) electrons. The van der Waals surface area contributed by atoms with Gasteiger partial charge in [0.2, 0.25) is 11.9 Å². The van der Waals surface area contributed by atoms with Crippen LogP contribution in [0.2, 0.25) is 0 Å². The van der Waals surface area contributed by atoms with E-state index in [9.17, 15) is 9.59 Å². The standard InChI is InChI=1S/C21H32N6O2/c22-18(28)17-13-23-21(25-15-5-4-6-15)26-19(17)24-16-9-7-14(8-10-16)20(29)27-11-2-1-3-12-27/h13-16H,1-12H2,(H2,22,28)(H2,23,24,25,26)/t14-,16+. The monoisotopic (exact) mass is 400 g/mol. The third-order valence-electron chi connectivity index (χ3n) is 6.58. The summed E-state index contributed by atoms with van der Waals surface area (Å²) >= 11 is 0. The number of nitrogens with one attached hydrogen (secondary N) is 2. The molecule has 29 heavy (non-hydrogen) atoms. The van der Waals surface area contributed by atoms with Gasteiger partial charge in [-0.1, -0.05) is 0 Å². The van der Waals surface area contributed by atoms with Crippen molar-refractivity contribution in [3.63, 3.8) is 0 Å². The van der Waals surface area contributed by atoms with E-state index < -0.39 is 5.91 Å². The summed E-state index contributed by atoms with van der Waals surface area (Å²) < 4.78 is 0. The van der Waals surface area contributed by atoms with Crippen LogP contribution in [0.5, 0.6) is 0 Å². The second kappa shape index (κ2) is 8.97. The maximum atomic E-state index is 12.8. The number of nitrogens with two attached hydrogens (primary N) is 1. The SMILES string of the molecule is NC(=O)c1cnc(NC2CCC2)nc1N[C@H]1CC[C@@H](C(=O)N2CCCCC2)CC1. The van der Waals surface area contributed by atoms with Gasteiger partial charge in [0.25, 0.3) is 5.91 Å². The zero-order valence-corrected chi connectivity index (χ0v) is 17.0. The van der Waals surface area contributed by atoms with Crippen molar-refractivity contribution < 1.29 is 9.59 Å². The number of carbonyl (C=O) groups excluding carboxylic acids is 2. The molecule has 2 amide bonds. The summed E-state index contributed by atoms with van der Waals surface area (Å²) in [6.45, 7) is 1.83. The molecule has 3 aliphatic rings. The lowest BCUT2D eigenvalue weighted by Crippen LogP contribution is -2.42. The summed E-state index contributed by atoms with van der Waals surface area (Å²) in [6.07, 6.45) is 12.0. The van der Waals surface area contributed by atoms with E-state index in [4.69, 9.17) is 5.73 Å². The smallest absolute Gasteiger partial charge is 0.254 e. The van der Waals surface area contributed by atoms with Gasteiger partial charge in [-0.2, -0.15) is 4.98 Å². The van der Waals surface area contributed by atoms with Gasteiger partial charge in [-0.25, -0.2) is 4.98 Å². The van der Waals surface area contributed by atoms with Gasteiger partial charge in [-0.05, 0) is 64.2 Å². The molecule has 2 heterocycles. The molecule has 158 valence electrons. The van der Waals surface area contributed by atoms with E-state index in [1.165, 1.54) is 19.0 Å². The fourth-order valence-corrected chi connectivity index (χ4v) is 4.53. The van der Waals surface area contributed by atoms with Gasteiger partial charge in [0.05, 0.1) is 5.56 Å². The normalized spacial score (nSPS) is 25.2. The Morgan fingerprint density at radius 3 is 2.24 bits per heavy atom. The first-order valence-electron chi connectivity index (χ1n) is 11.1. The number of rotatable bonds is 6. The van der Waals surface area contributed by atoms with Crippen molar-refractivity contribution in [1.29, 1.82) is 0 Å². The zero-order chi connectivity index (χ0) is 20.2. The van der Waals surface area contributed by atoms with Crippen LogP contribution in [0, 0.1) is 5.92 Å². The number of likely N-dealkylation sites (tertiary alicyclic amines) is 1. The molecule has 1 saturated heterocycles. The number of primary amides is 1. The third kappa shape index (κ3) is 4.79. The molecule has 8 nitrogen and oxygen atoms in total.